The summed E-state index contributed by atoms with van der Waals surface area (Å²) in [5.41, 5.74) is 1.92. The van der Waals surface area contributed by atoms with E-state index in [0.29, 0.717) is 17.8 Å². The predicted octanol–water partition coefficient (Wildman–Crippen LogP) is 6.57. The summed E-state index contributed by atoms with van der Waals surface area (Å²) >= 11 is 0. The highest BCUT2D eigenvalue weighted by molar-refractivity contribution is 5.95. The van der Waals surface area contributed by atoms with Gasteiger partial charge in [0, 0.05) is 0 Å². The molecule has 0 aromatic carbocycles. The Morgan fingerprint density at radius 1 is 1.07 bits per heavy atom. The maximum atomic E-state index is 12.1. The maximum Gasteiger partial charge on any atom is 0.184 e. The van der Waals surface area contributed by atoms with Gasteiger partial charge < -0.3 is 5.11 Å². The average Bonchev–Trinajstić information content (AvgIpc) is 3.00. The van der Waals surface area contributed by atoms with E-state index in [-0.39, 0.29) is 11.2 Å². The van der Waals surface area contributed by atoms with E-state index in [4.69, 9.17) is 0 Å². The number of fused-ring (bicyclic) bond motifs is 5. The molecule has 0 bridgehead atoms. The molecule has 0 aromatic heterocycles. The SMILES string of the molecule is CC(C)CCC[C@H](C)[C@H]1CC[C@H]2[C@@H]3CCC4=CC(=O)C(O)C[C@]4(C)[C@H]3CC[C@]12C. The molecule has 164 valence electrons. The van der Waals surface area contributed by atoms with Crippen molar-refractivity contribution in [3.63, 3.8) is 0 Å². The molecule has 4 rings (SSSR count). The lowest BCUT2D eigenvalue weighted by atomic mass is 9.46. The van der Waals surface area contributed by atoms with E-state index in [9.17, 15) is 9.90 Å². The zero-order valence-electron chi connectivity index (χ0n) is 19.5. The van der Waals surface area contributed by atoms with Crippen molar-refractivity contribution in [2.45, 2.75) is 105 Å². The van der Waals surface area contributed by atoms with Gasteiger partial charge in [-0.25, -0.2) is 0 Å². The van der Waals surface area contributed by atoms with Crippen molar-refractivity contribution in [1.82, 2.24) is 0 Å². The van der Waals surface area contributed by atoms with Crippen molar-refractivity contribution in [3.8, 4) is 0 Å². The number of aliphatic hydroxyl groups excluding tert-OH is 1. The molecule has 0 heterocycles. The quantitative estimate of drug-likeness (QED) is 0.567. The third-order valence-electron chi connectivity index (χ3n) is 10.2. The van der Waals surface area contributed by atoms with Gasteiger partial charge >= 0.3 is 0 Å². The van der Waals surface area contributed by atoms with Crippen LogP contribution < -0.4 is 0 Å². The minimum Gasteiger partial charge on any atom is -0.385 e. The van der Waals surface area contributed by atoms with Crippen molar-refractivity contribution in [1.29, 1.82) is 0 Å². The summed E-state index contributed by atoms with van der Waals surface area (Å²) in [7, 11) is 0. The summed E-state index contributed by atoms with van der Waals surface area (Å²) in [4.78, 5) is 12.1. The lowest BCUT2D eigenvalue weighted by Crippen LogP contribution is -2.52. The van der Waals surface area contributed by atoms with Crippen LogP contribution in [0.15, 0.2) is 11.6 Å². The number of carbonyl (C=O) groups is 1. The Kier molecular flexibility index (Phi) is 5.82. The molecule has 0 aliphatic heterocycles. The van der Waals surface area contributed by atoms with Crippen LogP contribution in [-0.4, -0.2) is 17.0 Å². The van der Waals surface area contributed by atoms with Crippen molar-refractivity contribution >= 4 is 5.78 Å². The highest BCUT2D eigenvalue weighted by Gasteiger charge is 2.60. The van der Waals surface area contributed by atoms with E-state index in [0.717, 1.165) is 36.0 Å². The Hall–Kier alpha value is -0.630. The van der Waals surface area contributed by atoms with Crippen molar-refractivity contribution in [2.75, 3.05) is 0 Å². The molecule has 0 saturated heterocycles. The number of rotatable bonds is 5. The summed E-state index contributed by atoms with van der Waals surface area (Å²) in [5, 5.41) is 10.4. The number of aliphatic hydroxyl groups is 1. The van der Waals surface area contributed by atoms with Crippen molar-refractivity contribution in [2.24, 2.45) is 46.3 Å². The largest absolute Gasteiger partial charge is 0.385 e. The van der Waals surface area contributed by atoms with Gasteiger partial charge in [0.05, 0.1) is 0 Å². The van der Waals surface area contributed by atoms with Gasteiger partial charge in [-0.2, -0.15) is 0 Å². The molecule has 3 saturated carbocycles. The second-order valence-electron chi connectivity index (χ2n) is 12.2. The van der Waals surface area contributed by atoms with Crippen LogP contribution in [0.25, 0.3) is 0 Å². The second kappa shape index (κ2) is 7.81. The van der Waals surface area contributed by atoms with Gasteiger partial charge in [0.1, 0.15) is 6.10 Å². The summed E-state index contributed by atoms with van der Waals surface area (Å²) in [6.07, 6.45) is 13.7. The Morgan fingerprint density at radius 2 is 1.83 bits per heavy atom. The van der Waals surface area contributed by atoms with Gasteiger partial charge in [-0.05, 0) is 97.4 Å². The van der Waals surface area contributed by atoms with Gasteiger partial charge in [-0.1, -0.05) is 59.5 Å². The molecular weight excluding hydrogens is 356 g/mol. The van der Waals surface area contributed by atoms with Crippen molar-refractivity contribution in [3.05, 3.63) is 11.6 Å². The minimum absolute atomic E-state index is 0.0484. The second-order valence-corrected chi connectivity index (χ2v) is 12.2. The van der Waals surface area contributed by atoms with E-state index in [1.54, 1.807) is 0 Å². The first-order chi connectivity index (χ1) is 13.7. The van der Waals surface area contributed by atoms with Crippen LogP contribution in [0.5, 0.6) is 0 Å². The number of allylic oxidation sites excluding steroid dienone is 1. The van der Waals surface area contributed by atoms with Crippen LogP contribution in [0.3, 0.4) is 0 Å². The van der Waals surface area contributed by atoms with E-state index in [1.807, 2.05) is 6.08 Å². The highest BCUT2D eigenvalue weighted by atomic mass is 16.3. The fourth-order valence-corrected chi connectivity index (χ4v) is 8.64. The molecule has 29 heavy (non-hydrogen) atoms. The van der Waals surface area contributed by atoms with Crippen molar-refractivity contribution < 1.29 is 9.90 Å². The summed E-state index contributed by atoms with van der Waals surface area (Å²) in [6, 6.07) is 0. The fraction of sp³-hybridized carbons (Fsp3) is 0.889. The first kappa shape index (κ1) is 21.6. The molecule has 0 amide bonds. The molecule has 0 radical (unpaired) electrons. The number of hydrogen-bond acceptors (Lipinski definition) is 2. The molecule has 4 aliphatic carbocycles. The van der Waals surface area contributed by atoms with Gasteiger partial charge in [-0.15, -0.1) is 0 Å². The predicted molar refractivity (Wildman–Crippen MR) is 119 cm³/mol. The van der Waals surface area contributed by atoms with E-state index < -0.39 is 6.10 Å². The third kappa shape index (κ3) is 3.56. The lowest BCUT2D eigenvalue weighted by Gasteiger charge is -2.58. The smallest absolute Gasteiger partial charge is 0.184 e. The van der Waals surface area contributed by atoms with Crippen LogP contribution in [0.1, 0.15) is 98.8 Å². The molecule has 4 aliphatic rings. The fourth-order valence-electron chi connectivity index (χ4n) is 8.64. The molecule has 8 atom stereocenters. The van der Waals surface area contributed by atoms with Gasteiger partial charge in [0.15, 0.2) is 5.78 Å². The van der Waals surface area contributed by atoms with Crippen LogP contribution in [-0.2, 0) is 4.79 Å². The van der Waals surface area contributed by atoms with E-state index in [1.165, 1.54) is 56.9 Å². The van der Waals surface area contributed by atoms with Crippen LogP contribution in [0, 0.1) is 46.3 Å². The number of ketones is 1. The Labute approximate surface area is 178 Å². The first-order valence-corrected chi connectivity index (χ1v) is 12.6. The average molecular weight is 401 g/mol. The summed E-state index contributed by atoms with van der Waals surface area (Å²) in [5.74, 6) is 4.84. The zero-order valence-corrected chi connectivity index (χ0v) is 19.5. The molecule has 2 nitrogen and oxygen atoms in total. The van der Waals surface area contributed by atoms with Gasteiger partial charge in [-0.3, -0.25) is 4.79 Å². The van der Waals surface area contributed by atoms with Gasteiger partial charge in [0.25, 0.3) is 0 Å². The zero-order chi connectivity index (χ0) is 21.0. The number of hydrogen-bond donors (Lipinski definition) is 1. The molecule has 0 aromatic rings. The molecule has 1 N–H and O–H groups in total. The van der Waals surface area contributed by atoms with Crippen LogP contribution >= 0.6 is 0 Å². The Bertz CT molecular complexity index is 663. The summed E-state index contributed by atoms with van der Waals surface area (Å²) < 4.78 is 0. The number of carbonyl (C=O) groups excluding carboxylic acids is 1. The highest BCUT2D eigenvalue weighted by Crippen LogP contribution is 2.67. The molecular formula is C27H44O2. The molecule has 1 unspecified atom stereocenters. The normalized spacial score (nSPS) is 45.4. The summed E-state index contributed by atoms with van der Waals surface area (Å²) in [6.45, 7) is 12.2. The molecule has 2 heteroatoms. The standard InChI is InChI=1S/C27H44O2/c1-17(2)7-6-8-18(3)21-11-12-22-20-10-9-19-15-24(28)25(29)16-27(19,5)23(20)13-14-26(21,22)4/h15,17-18,20-23,25,29H,6-14,16H2,1-5H3/t18-,20-,21+,22-,23-,25?,26+,27-/m0/s1. The minimum atomic E-state index is -0.770. The Balaban J connectivity index is 1.51. The lowest BCUT2D eigenvalue weighted by molar-refractivity contribution is -0.128. The van der Waals surface area contributed by atoms with E-state index >= 15 is 0 Å². The Morgan fingerprint density at radius 3 is 2.55 bits per heavy atom. The van der Waals surface area contributed by atoms with Crippen LogP contribution in [0.2, 0.25) is 0 Å². The van der Waals surface area contributed by atoms with E-state index in [2.05, 4.69) is 34.6 Å². The maximum absolute atomic E-state index is 12.1. The molecule has 0 spiro atoms. The molecule has 3 fully saturated rings. The van der Waals surface area contributed by atoms with Gasteiger partial charge in [0.2, 0.25) is 0 Å². The third-order valence-corrected chi connectivity index (χ3v) is 10.2. The monoisotopic (exact) mass is 400 g/mol. The van der Waals surface area contributed by atoms with Crippen LogP contribution in [0.4, 0.5) is 0 Å². The topological polar surface area (TPSA) is 37.3 Å². The first-order valence-electron chi connectivity index (χ1n) is 12.6.